The minimum atomic E-state index is 0.673. The molecular weight excluding hydrogens is 330 g/mol. The van der Waals surface area contributed by atoms with Crippen molar-refractivity contribution in [1.82, 2.24) is 14.8 Å². The molecule has 3 heteroatoms. The van der Waals surface area contributed by atoms with Crippen LogP contribution in [0.4, 0.5) is 0 Å². The molecule has 2 aromatic carbocycles. The van der Waals surface area contributed by atoms with E-state index in [1.807, 2.05) is 18.5 Å². The average molecular weight is 358 g/mol. The lowest BCUT2D eigenvalue weighted by Gasteiger charge is -2.36. The monoisotopic (exact) mass is 357 g/mol. The van der Waals surface area contributed by atoms with Gasteiger partial charge in [-0.2, -0.15) is 0 Å². The Labute approximate surface area is 161 Å². The summed E-state index contributed by atoms with van der Waals surface area (Å²) in [7, 11) is 0. The maximum atomic E-state index is 4.29. The molecule has 3 fully saturated rings. The fourth-order valence-corrected chi connectivity index (χ4v) is 4.92. The van der Waals surface area contributed by atoms with Gasteiger partial charge < -0.3 is 0 Å². The minimum absolute atomic E-state index is 0.673. The molecule has 0 N–H and O–H groups in total. The largest absolute Gasteiger partial charge is 0.297 e. The van der Waals surface area contributed by atoms with E-state index in [4.69, 9.17) is 0 Å². The van der Waals surface area contributed by atoms with Crippen LogP contribution in [0.25, 0.3) is 10.8 Å². The molecule has 0 spiro atoms. The molecule has 27 heavy (non-hydrogen) atoms. The first kappa shape index (κ1) is 16.9. The van der Waals surface area contributed by atoms with Gasteiger partial charge in [-0.25, -0.2) is 0 Å². The second-order valence-corrected chi connectivity index (χ2v) is 8.26. The third-order valence-corrected chi connectivity index (χ3v) is 6.23. The fraction of sp³-hybridized carbons (Fsp3) is 0.375. The Morgan fingerprint density at radius 3 is 2.63 bits per heavy atom. The van der Waals surface area contributed by atoms with Gasteiger partial charge in [0, 0.05) is 51.2 Å². The van der Waals surface area contributed by atoms with Gasteiger partial charge >= 0.3 is 0 Å². The highest BCUT2D eigenvalue weighted by Crippen LogP contribution is 2.30. The van der Waals surface area contributed by atoms with Gasteiger partial charge in [0.05, 0.1) is 0 Å². The molecule has 138 valence electrons. The van der Waals surface area contributed by atoms with Crippen LogP contribution in [0.5, 0.6) is 0 Å². The van der Waals surface area contributed by atoms with Crippen LogP contribution < -0.4 is 0 Å². The van der Waals surface area contributed by atoms with Crippen molar-refractivity contribution in [2.75, 3.05) is 19.6 Å². The normalized spacial score (nSPS) is 23.6. The Morgan fingerprint density at radius 2 is 1.74 bits per heavy atom. The smallest absolute Gasteiger partial charge is 0.0312 e. The zero-order valence-corrected chi connectivity index (χ0v) is 15.8. The molecule has 3 nitrogen and oxygen atoms in total. The van der Waals surface area contributed by atoms with E-state index in [2.05, 4.69) is 63.3 Å². The van der Waals surface area contributed by atoms with E-state index in [0.717, 1.165) is 19.0 Å². The molecule has 3 saturated heterocycles. The molecule has 0 unspecified atom stereocenters. The van der Waals surface area contributed by atoms with Crippen molar-refractivity contribution < 1.29 is 0 Å². The lowest BCUT2D eigenvalue weighted by molar-refractivity contribution is 0.123. The molecule has 2 atom stereocenters. The van der Waals surface area contributed by atoms with Crippen LogP contribution in [0.2, 0.25) is 0 Å². The molecule has 3 aliphatic rings. The van der Waals surface area contributed by atoms with Gasteiger partial charge in [-0.05, 0) is 52.8 Å². The van der Waals surface area contributed by atoms with Gasteiger partial charge in [0.25, 0.3) is 0 Å². The number of pyridine rings is 1. The van der Waals surface area contributed by atoms with Crippen LogP contribution in [0.1, 0.15) is 24.0 Å². The van der Waals surface area contributed by atoms with Crippen LogP contribution in [0.15, 0.2) is 67.0 Å². The van der Waals surface area contributed by atoms with Crippen LogP contribution in [0, 0.1) is 5.92 Å². The molecule has 6 rings (SSSR count). The van der Waals surface area contributed by atoms with Crippen molar-refractivity contribution in [3.63, 3.8) is 0 Å². The van der Waals surface area contributed by atoms with E-state index in [1.165, 1.54) is 54.4 Å². The Morgan fingerprint density at radius 1 is 0.815 bits per heavy atom. The molecule has 3 aromatic rings. The number of fused-ring (bicyclic) bond motifs is 5. The summed E-state index contributed by atoms with van der Waals surface area (Å²) in [5, 5.41) is 2.69. The summed E-state index contributed by atoms with van der Waals surface area (Å²) in [6, 6.07) is 20.6. The minimum Gasteiger partial charge on any atom is -0.297 e. The second kappa shape index (κ2) is 7.41. The van der Waals surface area contributed by atoms with Gasteiger partial charge in [-0.1, -0.05) is 42.5 Å². The van der Waals surface area contributed by atoms with Crippen molar-refractivity contribution in [2.24, 2.45) is 5.92 Å². The van der Waals surface area contributed by atoms with Crippen LogP contribution >= 0.6 is 0 Å². The van der Waals surface area contributed by atoms with Gasteiger partial charge in [0.2, 0.25) is 0 Å². The highest BCUT2D eigenvalue weighted by molar-refractivity contribution is 5.82. The molecule has 3 aliphatic heterocycles. The number of rotatable bonds is 4. The highest BCUT2D eigenvalue weighted by Gasteiger charge is 2.34. The summed E-state index contributed by atoms with van der Waals surface area (Å²) >= 11 is 0. The third-order valence-electron chi connectivity index (χ3n) is 6.23. The van der Waals surface area contributed by atoms with E-state index in [0.29, 0.717) is 6.04 Å². The predicted molar refractivity (Wildman–Crippen MR) is 110 cm³/mol. The van der Waals surface area contributed by atoms with E-state index in [1.54, 1.807) is 0 Å². The van der Waals surface area contributed by atoms with Crippen molar-refractivity contribution in [3.05, 3.63) is 78.1 Å². The highest BCUT2D eigenvalue weighted by atomic mass is 15.3. The number of nitrogens with zero attached hydrogens (tertiary/aromatic N) is 3. The second-order valence-electron chi connectivity index (χ2n) is 8.26. The van der Waals surface area contributed by atoms with Crippen LogP contribution in [0.3, 0.4) is 0 Å². The van der Waals surface area contributed by atoms with Gasteiger partial charge in [0.15, 0.2) is 0 Å². The lowest BCUT2D eigenvalue weighted by atomic mass is 9.94. The summed E-state index contributed by atoms with van der Waals surface area (Å²) in [5.41, 5.74) is 2.78. The summed E-state index contributed by atoms with van der Waals surface area (Å²) in [6.07, 6.45) is 6.59. The van der Waals surface area contributed by atoms with Crippen molar-refractivity contribution >= 4 is 10.8 Å². The number of piperidine rings is 1. The van der Waals surface area contributed by atoms with Crippen molar-refractivity contribution in [3.8, 4) is 0 Å². The quantitative estimate of drug-likeness (QED) is 0.693. The molecule has 1 aromatic heterocycles. The summed E-state index contributed by atoms with van der Waals surface area (Å²) in [4.78, 5) is 9.68. The first-order valence-electron chi connectivity index (χ1n) is 10.2. The Hall–Kier alpha value is -2.23. The molecule has 0 aliphatic carbocycles. The Kier molecular flexibility index (Phi) is 4.64. The van der Waals surface area contributed by atoms with Crippen molar-refractivity contribution in [1.29, 1.82) is 0 Å². The van der Waals surface area contributed by atoms with Gasteiger partial charge in [0.1, 0.15) is 0 Å². The summed E-state index contributed by atoms with van der Waals surface area (Å²) < 4.78 is 0. The standard InChI is InChI=1S/C24H27N3/c1-2-6-23-12-19(7-9-22(23)5-1)16-27-17-21-8-10-24(27)18-26(15-21)14-20-4-3-11-25-13-20/h1-7,9,11-13,21,24H,8,10,14-18H2/t21-,24+/m0/s1. The number of aromatic nitrogens is 1. The average Bonchev–Trinajstić information content (AvgIpc) is 2.99. The van der Waals surface area contributed by atoms with E-state index in [-0.39, 0.29) is 0 Å². The first-order chi connectivity index (χ1) is 13.3. The molecule has 0 saturated carbocycles. The van der Waals surface area contributed by atoms with Crippen molar-refractivity contribution in [2.45, 2.75) is 32.0 Å². The molecule has 0 radical (unpaired) electrons. The molecule has 4 heterocycles. The molecule has 2 bridgehead atoms. The predicted octanol–water partition coefficient (Wildman–Crippen LogP) is 4.33. The summed E-state index contributed by atoms with van der Waals surface area (Å²) in [6.45, 7) is 5.75. The Balaban J connectivity index is 1.31. The van der Waals surface area contributed by atoms with E-state index >= 15 is 0 Å². The summed E-state index contributed by atoms with van der Waals surface area (Å²) in [5.74, 6) is 0.792. The third kappa shape index (κ3) is 3.76. The SMILES string of the molecule is c1cncc(CN2C[C@@H]3CC[C@H](C2)N(Cc2ccc4ccccc4c2)C3)c1. The topological polar surface area (TPSA) is 19.4 Å². The van der Waals surface area contributed by atoms with Gasteiger partial charge in [-0.3, -0.25) is 14.8 Å². The number of hydrogen-bond donors (Lipinski definition) is 0. The molecular formula is C24H27N3. The first-order valence-corrected chi connectivity index (χ1v) is 10.2. The van der Waals surface area contributed by atoms with Gasteiger partial charge in [-0.15, -0.1) is 0 Å². The zero-order valence-electron chi connectivity index (χ0n) is 15.8. The number of hydrogen-bond acceptors (Lipinski definition) is 3. The van der Waals surface area contributed by atoms with E-state index < -0.39 is 0 Å². The lowest BCUT2D eigenvalue weighted by Crippen LogP contribution is -2.43. The maximum Gasteiger partial charge on any atom is 0.0312 e. The van der Waals surface area contributed by atoms with Crippen LogP contribution in [-0.4, -0.2) is 40.5 Å². The molecule has 0 amide bonds. The fourth-order valence-electron chi connectivity index (χ4n) is 4.92. The maximum absolute atomic E-state index is 4.29. The zero-order chi connectivity index (χ0) is 18.1. The van der Waals surface area contributed by atoms with Crippen LogP contribution in [-0.2, 0) is 13.1 Å². The van der Waals surface area contributed by atoms with E-state index in [9.17, 15) is 0 Å². The number of benzene rings is 2. The Bertz CT molecular complexity index is 908.